The van der Waals surface area contributed by atoms with Gasteiger partial charge in [-0.15, -0.1) is 0 Å². The van der Waals surface area contributed by atoms with E-state index in [2.05, 4.69) is 15.2 Å². The lowest BCUT2D eigenvalue weighted by Crippen LogP contribution is -2.17. The molecule has 0 radical (unpaired) electrons. The minimum absolute atomic E-state index is 0.0958. The SMILES string of the molecule is CC(=O)Nc1ccc(OC(=O)c2ccccc2O)cc1.O=C1OCCN1N=Cc1ccc([N+](=O)[O-])o1. The van der Waals surface area contributed by atoms with Gasteiger partial charge in [-0.3, -0.25) is 14.9 Å². The number of rotatable bonds is 6. The summed E-state index contributed by atoms with van der Waals surface area (Å²) in [7, 11) is 0. The van der Waals surface area contributed by atoms with Crippen molar-refractivity contribution in [1.82, 2.24) is 5.01 Å². The summed E-state index contributed by atoms with van der Waals surface area (Å²) in [6.45, 7) is 2.05. The van der Waals surface area contributed by atoms with Crippen LogP contribution < -0.4 is 10.1 Å². The number of carbonyl (C=O) groups excluding carboxylic acids is 3. The number of amides is 2. The molecule has 2 aromatic carbocycles. The first-order valence-electron chi connectivity index (χ1n) is 10.3. The molecule has 2 amide bonds. The zero-order valence-electron chi connectivity index (χ0n) is 18.8. The van der Waals surface area contributed by atoms with Crippen molar-refractivity contribution in [3.8, 4) is 11.5 Å². The zero-order chi connectivity index (χ0) is 26.1. The Balaban J connectivity index is 0.000000205. The van der Waals surface area contributed by atoms with E-state index >= 15 is 0 Å². The second-order valence-corrected chi connectivity index (χ2v) is 7.03. The van der Waals surface area contributed by atoms with Gasteiger partial charge in [-0.05, 0) is 42.5 Å². The highest BCUT2D eigenvalue weighted by Gasteiger charge is 2.21. The van der Waals surface area contributed by atoms with Gasteiger partial charge in [0.05, 0.1) is 18.8 Å². The zero-order valence-corrected chi connectivity index (χ0v) is 18.8. The predicted molar refractivity (Wildman–Crippen MR) is 125 cm³/mol. The molecule has 1 fully saturated rings. The number of nitro groups is 1. The van der Waals surface area contributed by atoms with Gasteiger partial charge < -0.3 is 24.3 Å². The molecule has 1 aliphatic rings. The first-order chi connectivity index (χ1) is 17.2. The number of carbonyl (C=O) groups is 3. The van der Waals surface area contributed by atoms with Crippen LogP contribution in [0.25, 0.3) is 0 Å². The third-order valence-corrected chi connectivity index (χ3v) is 4.37. The molecular formula is C23H20N4O9. The molecule has 1 aromatic heterocycles. The summed E-state index contributed by atoms with van der Waals surface area (Å²) in [5.74, 6) is -0.795. The maximum atomic E-state index is 11.8. The molecule has 1 aliphatic heterocycles. The average molecular weight is 496 g/mol. The number of benzene rings is 2. The first-order valence-corrected chi connectivity index (χ1v) is 10.3. The third-order valence-electron chi connectivity index (χ3n) is 4.37. The number of para-hydroxylation sites is 1. The normalized spacial score (nSPS) is 12.5. The van der Waals surface area contributed by atoms with E-state index in [0.29, 0.717) is 18.0 Å². The molecular weight excluding hydrogens is 476 g/mol. The van der Waals surface area contributed by atoms with Crippen LogP contribution in [-0.4, -0.2) is 52.4 Å². The Hall–Kier alpha value is -5.20. The second-order valence-electron chi connectivity index (χ2n) is 7.03. The van der Waals surface area contributed by atoms with Gasteiger partial charge in [0.1, 0.15) is 28.6 Å². The minimum Gasteiger partial charge on any atom is -0.507 e. The Morgan fingerprint density at radius 3 is 2.47 bits per heavy atom. The highest BCUT2D eigenvalue weighted by atomic mass is 16.6. The number of nitrogens with one attached hydrogen (secondary N) is 1. The molecule has 0 atom stereocenters. The molecule has 4 rings (SSSR count). The molecule has 186 valence electrons. The molecule has 0 saturated carbocycles. The first kappa shape index (κ1) is 25.4. The van der Waals surface area contributed by atoms with Crippen molar-refractivity contribution in [2.75, 3.05) is 18.5 Å². The fraction of sp³-hybridized carbons (Fsp3) is 0.130. The maximum Gasteiger partial charge on any atom is 0.433 e. The fourth-order valence-electron chi connectivity index (χ4n) is 2.74. The summed E-state index contributed by atoms with van der Waals surface area (Å²) in [6, 6.07) is 15.1. The smallest absolute Gasteiger partial charge is 0.433 e. The molecule has 1 saturated heterocycles. The summed E-state index contributed by atoms with van der Waals surface area (Å²) < 4.78 is 14.6. The van der Waals surface area contributed by atoms with Crippen molar-refractivity contribution in [1.29, 1.82) is 0 Å². The Labute approximate surface area is 203 Å². The number of aromatic hydroxyl groups is 1. The van der Waals surface area contributed by atoms with Gasteiger partial charge in [0.15, 0.2) is 5.76 Å². The molecule has 0 bridgehead atoms. The van der Waals surface area contributed by atoms with Gasteiger partial charge in [0, 0.05) is 12.6 Å². The van der Waals surface area contributed by atoms with Crippen LogP contribution in [-0.2, 0) is 9.53 Å². The number of esters is 1. The van der Waals surface area contributed by atoms with E-state index in [1.165, 1.54) is 37.4 Å². The van der Waals surface area contributed by atoms with Crippen LogP contribution in [0, 0.1) is 10.1 Å². The standard InChI is InChI=1S/C15H13NO4.C8H7N3O5/c1-10(17)16-11-6-8-12(9-7-11)20-15(19)13-4-2-3-5-14(13)18;12-8-10(3-4-15-8)9-5-6-1-2-7(16-6)11(13)14/h2-9,18H,1H3,(H,16,17);1-2,5H,3-4H2. The monoisotopic (exact) mass is 496 g/mol. The van der Waals surface area contributed by atoms with Crippen molar-refractivity contribution in [2.45, 2.75) is 6.92 Å². The molecule has 13 heteroatoms. The summed E-state index contributed by atoms with van der Waals surface area (Å²) in [6.07, 6.45) is 0.678. The number of anilines is 1. The summed E-state index contributed by atoms with van der Waals surface area (Å²) in [4.78, 5) is 43.3. The number of ether oxygens (including phenoxy) is 2. The van der Waals surface area contributed by atoms with Crippen molar-refractivity contribution >= 4 is 35.8 Å². The number of phenols is 1. The number of hydrogen-bond donors (Lipinski definition) is 2. The van der Waals surface area contributed by atoms with Gasteiger partial charge >= 0.3 is 17.9 Å². The Kier molecular flexibility index (Phi) is 8.32. The topological polar surface area (TPSA) is 174 Å². The number of hydrazone groups is 1. The molecule has 0 aliphatic carbocycles. The lowest BCUT2D eigenvalue weighted by Gasteiger charge is -2.07. The molecule has 3 aromatic rings. The van der Waals surface area contributed by atoms with Gasteiger partial charge in [0.25, 0.3) is 0 Å². The van der Waals surface area contributed by atoms with Crippen molar-refractivity contribution < 1.29 is 38.3 Å². The van der Waals surface area contributed by atoms with Crippen LogP contribution in [0.15, 0.2) is 70.2 Å². The van der Waals surface area contributed by atoms with Crippen LogP contribution in [0.1, 0.15) is 23.0 Å². The molecule has 2 N–H and O–H groups in total. The quantitative estimate of drug-likeness (QED) is 0.170. The van der Waals surface area contributed by atoms with Gasteiger partial charge in [-0.25, -0.2) is 9.59 Å². The van der Waals surface area contributed by atoms with Gasteiger partial charge in [-0.2, -0.15) is 10.1 Å². The molecule has 2 heterocycles. The lowest BCUT2D eigenvalue weighted by molar-refractivity contribution is -0.402. The van der Waals surface area contributed by atoms with E-state index in [1.54, 1.807) is 36.4 Å². The lowest BCUT2D eigenvalue weighted by atomic mass is 10.2. The van der Waals surface area contributed by atoms with E-state index in [-0.39, 0.29) is 35.5 Å². The number of nitrogens with zero attached hydrogens (tertiary/aromatic N) is 3. The number of cyclic esters (lactones) is 1. The Morgan fingerprint density at radius 2 is 1.89 bits per heavy atom. The fourth-order valence-corrected chi connectivity index (χ4v) is 2.74. The van der Waals surface area contributed by atoms with Crippen LogP contribution >= 0.6 is 0 Å². The summed E-state index contributed by atoms with van der Waals surface area (Å²) in [5.41, 5.74) is 0.707. The van der Waals surface area contributed by atoms with E-state index < -0.39 is 17.0 Å². The largest absolute Gasteiger partial charge is 0.507 e. The van der Waals surface area contributed by atoms with Crippen LogP contribution in [0.2, 0.25) is 0 Å². The highest BCUT2D eigenvalue weighted by Crippen LogP contribution is 2.21. The third kappa shape index (κ3) is 7.15. The maximum absolute atomic E-state index is 11.8. The molecule has 0 unspecified atom stereocenters. The molecule has 13 nitrogen and oxygen atoms in total. The van der Waals surface area contributed by atoms with Crippen molar-refractivity contribution in [3.05, 3.63) is 82.1 Å². The summed E-state index contributed by atoms with van der Waals surface area (Å²) in [5, 5.41) is 27.3. The second kappa shape index (κ2) is 11.8. The van der Waals surface area contributed by atoms with Crippen LogP contribution in [0.5, 0.6) is 11.5 Å². The van der Waals surface area contributed by atoms with Crippen molar-refractivity contribution in [3.63, 3.8) is 0 Å². The minimum atomic E-state index is -0.651. The van der Waals surface area contributed by atoms with E-state index in [0.717, 1.165) is 5.01 Å². The number of hydrogen-bond acceptors (Lipinski definition) is 10. The highest BCUT2D eigenvalue weighted by molar-refractivity contribution is 5.94. The van der Waals surface area contributed by atoms with E-state index in [1.807, 2.05) is 0 Å². The van der Waals surface area contributed by atoms with Crippen molar-refractivity contribution in [2.24, 2.45) is 5.10 Å². The van der Waals surface area contributed by atoms with Gasteiger partial charge in [-0.1, -0.05) is 12.1 Å². The predicted octanol–water partition coefficient (Wildman–Crippen LogP) is 3.54. The Bertz CT molecular complexity index is 1280. The van der Waals surface area contributed by atoms with Crippen LogP contribution in [0.3, 0.4) is 0 Å². The van der Waals surface area contributed by atoms with E-state index in [4.69, 9.17) is 9.15 Å². The van der Waals surface area contributed by atoms with Crippen LogP contribution in [0.4, 0.5) is 16.4 Å². The van der Waals surface area contributed by atoms with E-state index in [9.17, 15) is 29.6 Å². The molecule has 36 heavy (non-hydrogen) atoms. The summed E-state index contributed by atoms with van der Waals surface area (Å²) >= 11 is 0. The molecule has 0 spiro atoms. The Morgan fingerprint density at radius 1 is 1.17 bits per heavy atom. The average Bonchev–Trinajstić information content (AvgIpc) is 3.48. The number of furan rings is 1. The van der Waals surface area contributed by atoms with Gasteiger partial charge in [0.2, 0.25) is 5.91 Å². The number of phenolic OH excluding ortho intramolecular Hbond substituents is 1.